The van der Waals surface area contributed by atoms with Gasteiger partial charge in [-0.05, 0) is 74.9 Å². The van der Waals surface area contributed by atoms with Crippen LogP contribution >= 0.6 is 0 Å². The van der Waals surface area contributed by atoms with E-state index in [0.29, 0.717) is 0 Å². The quantitative estimate of drug-likeness (QED) is 0.585. The Morgan fingerprint density at radius 3 is 0.842 bits per heavy atom. The van der Waals surface area contributed by atoms with Crippen molar-refractivity contribution >= 4 is 0 Å². The number of hydrogen-bond donors (Lipinski definition) is 0. The predicted molar refractivity (Wildman–Crippen MR) is 81.3 cm³/mol. The summed E-state index contributed by atoms with van der Waals surface area (Å²) in [6, 6.07) is 12.8. The van der Waals surface area contributed by atoms with Crippen molar-refractivity contribution in [1.29, 1.82) is 0 Å². The Bertz CT molecular complexity index is 437. The van der Waals surface area contributed by atoms with Crippen LogP contribution in [-0.4, -0.2) is 0 Å². The van der Waals surface area contributed by atoms with Crippen LogP contribution in [0.5, 0.6) is 0 Å². The van der Waals surface area contributed by atoms with E-state index in [4.69, 9.17) is 0 Å². The first-order valence-corrected chi connectivity index (χ1v) is 6.49. The van der Waals surface area contributed by atoms with Gasteiger partial charge in [-0.3, -0.25) is 0 Å². The van der Waals surface area contributed by atoms with Crippen molar-refractivity contribution in [3.8, 4) is 0 Å². The summed E-state index contributed by atoms with van der Waals surface area (Å²) in [7, 11) is 0. The summed E-state index contributed by atoms with van der Waals surface area (Å²) >= 11 is 0. The van der Waals surface area contributed by atoms with Crippen LogP contribution < -0.4 is 0 Å². The molecule has 0 heterocycles. The molecule has 0 aliphatic carbocycles. The summed E-state index contributed by atoms with van der Waals surface area (Å²) in [6.07, 6.45) is 0. The Kier molecular flexibility index (Phi) is 7.72. The zero-order chi connectivity index (χ0) is 13.7. The molecule has 0 fully saturated rings. The largest absolute Gasteiger partial charge is 0.0617 e. The van der Waals surface area contributed by atoms with Gasteiger partial charge in [0, 0.05) is 16.5 Å². The van der Waals surface area contributed by atoms with Crippen LogP contribution in [-0.2, 0) is 16.5 Å². The van der Waals surface area contributed by atoms with Crippen molar-refractivity contribution in [2.75, 3.05) is 0 Å². The molecule has 0 nitrogen and oxygen atoms in total. The maximum Gasteiger partial charge on any atom is 0 e. The van der Waals surface area contributed by atoms with Crippen molar-refractivity contribution in [2.45, 2.75) is 41.5 Å². The molecule has 0 aliphatic rings. The summed E-state index contributed by atoms with van der Waals surface area (Å²) in [5.74, 6) is 0. The predicted octanol–water partition coefficient (Wildman–Crippen LogP) is 5.22. The second-order valence-corrected chi connectivity index (χ2v) is 5.03. The van der Waals surface area contributed by atoms with Crippen LogP contribution in [0.15, 0.2) is 36.4 Å². The Balaban J connectivity index is 0.000000324. The summed E-state index contributed by atoms with van der Waals surface area (Å²) in [4.78, 5) is 0. The Morgan fingerprint density at radius 2 is 0.684 bits per heavy atom. The Hall–Kier alpha value is -1.07. The smallest absolute Gasteiger partial charge is 0 e. The molecule has 0 aromatic heterocycles. The second-order valence-electron chi connectivity index (χ2n) is 5.03. The molecule has 0 atom stereocenters. The number of aryl methyl sites for hydroxylation is 4. The van der Waals surface area contributed by atoms with Gasteiger partial charge in [-0.15, -0.1) is 0 Å². The molecule has 0 saturated heterocycles. The van der Waals surface area contributed by atoms with Crippen LogP contribution in [0, 0.1) is 41.5 Å². The molecule has 19 heavy (non-hydrogen) atoms. The molecule has 0 unspecified atom stereocenters. The molecule has 0 bridgehead atoms. The third kappa shape index (κ3) is 5.21. The van der Waals surface area contributed by atoms with Gasteiger partial charge >= 0.3 is 0 Å². The van der Waals surface area contributed by atoms with Crippen LogP contribution in [0.25, 0.3) is 0 Å². The van der Waals surface area contributed by atoms with Crippen molar-refractivity contribution in [1.82, 2.24) is 0 Å². The third-order valence-corrected chi connectivity index (χ3v) is 3.75. The molecule has 0 amide bonds. The average Bonchev–Trinajstić information content (AvgIpc) is 2.34. The van der Waals surface area contributed by atoms with E-state index in [0.717, 1.165) is 0 Å². The van der Waals surface area contributed by atoms with Gasteiger partial charge in [-0.2, -0.15) is 0 Å². The maximum absolute atomic E-state index is 2.16. The number of rotatable bonds is 0. The van der Waals surface area contributed by atoms with E-state index in [1.54, 1.807) is 0 Å². The van der Waals surface area contributed by atoms with E-state index in [9.17, 15) is 0 Å². The van der Waals surface area contributed by atoms with Crippen molar-refractivity contribution in [3.05, 3.63) is 69.8 Å². The summed E-state index contributed by atoms with van der Waals surface area (Å²) in [5.41, 5.74) is 8.37. The zero-order valence-electron chi connectivity index (χ0n) is 12.8. The van der Waals surface area contributed by atoms with Gasteiger partial charge in [0.1, 0.15) is 0 Å². The van der Waals surface area contributed by atoms with Gasteiger partial charge in [0.25, 0.3) is 0 Å². The minimum atomic E-state index is 0. The SMILES string of the molecule is Cc1cccc(C)c1C.Cc1cccc(C)c1C.[Ni]. The van der Waals surface area contributed by atoms with Gasteiger partial charge in [0.15, 0.2) is 0 Å². The minimum Gasteiger partial charge on any atom is -0.0617 e. The average molecular weight is 299 g/mol. The van der Waals surface area contributed by atoms with Gasteiger partial charge in [-0.1, -0.05) is 36.4 Å². The molecule has 0 spiro atoms. The fourth-order valence-corrected chi connectivity index (χ4v) is 1.80. The minimum absolute atomic E-state index is 0. The van der Waals surface area contributed by atoms with Crippen molar-refractivity contribution in [2.24, 2.45) is 0 Å². The van der Waals surface area contributed by atoms with E-state index in [1.165, 1.54) is 33.4 Å². The molecule has 2 aromatic carbocycles. The molecule has 2 rings (SSSR count). The van der Waals surface area contributed by atoms with E-state index in [1.807, 2.05) is 0 Å². The van der Waals surface area contributed by atoms with Gasteiger partial charge < -0.3 is 0 Å². The van der Waals surface area contributed by atoms with Gasteiger partial charge in [-0.25, -0.2) is 0 Å². The summed E-state index contributed by atoms with van der Waals surface area (Å²) < 4.78 is 0. The van der Waals surface area contributed by atoms with E-state index in [2.05, 4.69) is 77.9 Å². The van der Waals surface area contributed by atoms with Crippen molar-refractivity contribution < 1.29 is 16.5 Å². The monoisotopic (exact) mass is 298 g/mol. The van der Waals surface area contributed by atoms with Crippen LogP contribution in [0.4, 0.5) is 0 Å². The Labute approximate surface area is 128 Å². The van der Waals surface area contributed by atoms with Crippen LogP contribution in [0.3, 0.4) is 0 Å². The molecular weight excluding hydrogens is 275 g/mol. The van der Waals surface area contributed by atoms with Crippen LogP contribution in [0.1, 0.15) is 33.4 Å². The normalized spacial score (nSPS) is 9.16. The topological polar surface area (TPSA) is 0 Å². The fourth-order valence-electron chi connectivity index (χ4n) is 1.80. The van der Waals surface area contributed by atoms with E-state index in [-0.39, 0.29) is 16.5 Å². The van der Waals surface area contributed by atoms with Crippen molar-refractivity contribution in [3.63, 3.8) is 0 Å². The maximum atomic E-state index is 2.16. The molecule has 0 saturated carbocycles. The Morgan fingerprint density at radius 1 is 0.474 bits per heavy atom. The molecule has 0 radical (unpaired) electrons. The van der Waals surface area contributed by atoms with Gasteiger partial charge in [0.2, 0.25) is 0 Å². The fraction of sp³-hybridized carbons (Fsp3) is 0.333. The zero-order valence-corrected chi connectivity index (χ0v) is 13.8. The third-order valence-electron chi connectivity index (χ3n) is 3.75. The molecule has 106 valence electrons. The summed E-state index contributed by atoms with van der Waals surface area (Å²) in [6.45, 7) is 12.9. The van der Waals surface area contributed by atoms with E-state index < -0.39 is 0 Å². The van der Waals surface area contributed by atoms with Crippen LogP contribution in [0.2, 0.25) is 0 Å². The molecule has 0 aliphatic heterocycles. The molecule has 1 heteroatoms. The summed E-state index contributed by atoms with van der Waals surface area (Å²) in [5, 5.41) is 0. The first-order valence-electron chi connectivity index (χ1n) is 6.49. The molecule has 2 aromatic rings. The second kappa shape index (κ2) is 8.17. The van der Waals surface area contributed by atoms with E-state index >= 15 is 0 Å². The number of hydrogen-bond acceptors (Lipinski definition) is 0. The standard InChI is InChI=1S/2C9H12.Ni/c2*1-7-5-4-6-8(2)9(7)3;/h2*4-6H,1-3H3;. The first kappa shape index (κ1) is 17.9. The first-order chi connectivity index (χ1) is 8.43. The molecular formula is C18H24Ni. The number of benzene rings is 2. The molecule has 0 N–H and O–H groups in total. The van der Waals surface area contributed by atoms with Gasteiger partial charge in [0.05, 0.1) is 0 Å².